The monoisotopic (exact) mass is 270 g/mol. The summed E-state index contributed by atoms with van der Waals surface area (Å²) in [5.74, 6) is -0.842. The number of ether oxygens (including phenoxy) is 1. The number of rotatable bonds is 5. The van der Waals surface area contributed by atoms with E-state index in [2.05, 4.69) is 5.32 Å². The Morgan fingerprint density at radius 2 is 2.00 bits per heavy atom. The summed E-state index contributed by atoms with van der Waals surface area (Å²) in [5.41, 5.74) is -0.864. The average Bonchev–Trinajstić information content (AvgIpc) is 3.23. The number of hydrogen-bond donors (Lipinski definition) is 2. The van der Waals surface area contributed by atoms with Crippen LogP contribution in [0, 0.1) is 5.41 Å². The average molecular weight is 270 g/mol. The fourth-order valence-corrected chi connectivity index (χ4v) is 2.53. The molecule has 2 rings (SSSR count). The van der Waals surface area contributed by atoms with E-state index in [1.807, 2.05) is 6.92 Å². The summed E-state index contributed by atoms with van der Waals surface area (Å²) in [5, 5.41) is 12.2. The van der Waals surface area contributed by atoms with Gasteiger partial charge < -0.3 is 20.1 Å². The van der Waals surface area contributed by atoms with Gasteiger partial charge in [-0.15, -0.1) is 0 Å². The first kappa shape index (κ1) is 14.1. The van der Waals surface area contributed by atoms with E-state index >= 15 is 0 Å². The number of hydrogen-bond acceptors (Lipinski definition) is 3. The highest BCUT2D eigenvalue weighted by Gasteiger charge is 2.41. The quantitative estimate of drug-likeness (QED) is 0.783. The third-order valence-corrected chi connectivity index (χ3v) is 4.07. The number of nitrogens with one attached hydrogen (secondary N) is 1. The van der Waals surface area contributed by atoms with Gasteiger partial charge in [-0.2, -0.15) is 0 Å². The summed E-state index contributed by atoms with van der Waals surface area (Å²) in [6.45, 7) is 3.69. The van der Waals surface area contributed by atoms with Crippen molar-refractivity contribution in [3.8, 4) is 0 Å². The van der Waals surface area contributed by atoms with Crippen molar-refractivity contribution in [1.82, 2.24) is 10.2 Å². The zero-order chi connectivity index (χ0) is 13.9. The van der Waals surface area contributed by atoms with Crippen LogP contribution >= 0.6 is 0 Å². The Labute approximate surface area is 113 Å². The standard InChI is InChI=1S/C13H22N2O4/c1-2-15(10-3-4-10)12(18)14-9-13(11(16)17)5-7-19-8-6-13/h10H,2-9H2,1H3,(H,14,18)(H,16,17). The molecule has 0 aromatic carbocycles. The smallest absolute Gasteiger partial charge is 0.317 e. The Kier molecular flexibility index (Phi) is 4.29. The topological polar surface area (TPSA) is 78.9 Å². The van der Waals surface area contributed by atoms with Crippen LogP contribution in [0.25, 0.3) is 0 Å². The van der Waals surface area contributed by atoms with E-state index in [4.69, 9.17) is 4.74 Å². The minimum absolute atomic E-state index is 0.142. The second-order valence-electron chi connectivity index (χ2n) is 5.37. The molecule has 1 heterocycles. The van der Waals surface area contributed by atoms with Gasteiger partial charge in [-0.25, -0.2) is 4.79 Å². The number of aliphatic carboxylic acids is 1. The summed E-state index contributed by atoms with van der Waals surface area (Å²) in [4.78, 5) is 25.3. The number of nitrogens with zero attached hydrogens (tertiary/aromatic N) is 1. The largest absolute Gasteiger partial charge is 0.481 e. The minimum atomic E-state index is -0.864. The SMILES string of the molecule is CCN(C(=O)NCC1(C(=O)O)CCOCC1)C1CC1. The first-order valence-corrected chi connectivity index (χ1v) is 6.95. The molecule has 108 valence electrons. The van der Waals surface area contributed by atoms with Crippen LogP contribution in [0.2, 0.25) is 0 Å². The molecule has 1 saturated heterocycles. The van der Waals surface area contributed by atoms with Crippen LogP contribution in [0.5, 0.6) is 0 Å². The van der Waals surface area contributed by atoms with Gasteiger partial charge in [-0.3, -0.25) is 4.79 Å². The second-order valence-corrected chi connectivity index (χ2v) is 5.37. The summed E-state index contributed by atoms with van der Waals surface area (Å²) >= 11 is 0. The maximum Gasteiger partial charge on any atom is 0.317 e. The molecule has 0 bridgehead atoms. The van der Waals surface area contributed by atoms with Crippen LogP contribution < -0.4 is 5.32 Å². The van der Waals surface area contributed by atoms with Gasteiger partial charge in [0.05, 0.1) is 5.41 Å². The molecule has 19 heavy (non-hydrogen) atoms. The van der Waals surface area contributed by atoms with Crippen molar-refractivity contribution in [2.45, 2.75) is 38.6 Å². The molecule has 0 radical (unpaired) electrons. The normalized spacial score (nSPS) is 21.7. The van der Waals surface area contributed by atoms with Crippen LogP contribution in [0.4, 0.5) is 4.79 Å². The van der Waals surface area contributed by atoms with Gasteiger partial charge in [-0.1, -0.05) is 0 Å². The highest BCUT2D eigenvalue weighted by atomic mass is 16.5. The minimum Gasteiger partial charge on any atom is -0.481 e. The van der Waals surface area contributed by atoms with Crippen LogP contribution in [-0.4, -0.2) is 54.4 Å². The molecule has 0 atom stereocenters. The molecule has 1 aliphatic carbocycles. The van der Waals surface area contributed by atoms with Crippen molar-refractivity contribution >= 4 is 12.0 Å². The Morgan fingerprint density at radius 1 is 1.37 bits per heavy atom. The van der Waals surface area contributed by atoms with Crippen LogP contribution in [0.15, 0.2) is 0 Å². The van der Waals surface area contributed by atoms with Gasteiger partial charge in [0.1, 0.15) is 0 Å². The van der Waals surface area contributed by atoms with Crippen molar-refractivity contribution in [1.29, 1.82) is 0 Å². The summed E-state index contributed by atoms with van der Waals surface area (Å²) in [6, 6.07) is 0.206. The molecule has 1 saturated carbocycles. The molecule has 2 amide bonds. The van der Waals surface area contributed by atoms with Gasteiger partial charge >= 0.3 is 12.0 Å². The first-order chi connectivity index (χ1) is 9.09. The maximum absolute atomic E-state index is 12.1. The summed E-state index contributed by atoms with van der Waals surface area (Å²) < 4.78 is 5.21. The van der Waals surface area contributed by atoms with E-state index in [9.17, 15) is 14.7 Å². The zero-order valence-corrected chi connectivity index (χ0v) is 11.4. The Balaban J connectivity index is 1.91. The van der Waals surface area contributed by atoms with Gasteiger partial charge in [0.25, 0.3) is 0 Å². The molecular weight excluding hydrogens is 248 g/mol. The van der Waals surface area contributed by atoms with Gasteiger partial charge in [-0.05, 0) is 32.6 Å². The lowest BCUT2D eigenvalue weighted by Gasteiger charge is -2.34. The lowest BCUT2D eigenvalue weighted by Crippen LogP contribution is -2.50. The first-order valence-electron chi connectivity index (χ1n) is 6.95. The molecule has 2 aliphatic rings. The molecule has 1 aliphatic heterocycles. The number of urea groups is 1. The lowest BCUT2D eigenvalue weighted by atomic mass is 9.80. The van der Waals surface area contributed by atoms with E-state index in [1.165, 1.54) is 0 Å². The lowest BCUT2D eigenvalue weighted by molar-refractivity contribution is -0.154. The Bertz CT molecular complexity index is 349. The highest BCUT2D eigenvalue weighted by molar-refractivity contribution is 5.78. The van der Waals surface area contributed by atoms with Gasteiger partial charge in [0.15, 0.2) is 0 Å². The molecular formula is C13H22N2O4. The van der Waals surface area contributed by atoms with Gasteiger partial charge in [0, 0.05) is 32.3 Å². The van der Waals surface area contributed by atoms with Gasteiger partial charge in [0.2, 0.25) is 0 Å². The molecule has 0 spiro atoms. The molecule has 6 heteroatoms. The zero-order valence-electron chi connectivity index (χ0n) is 11.4. The van der Waals surface area contributed by atoms with Crippen LogP contribution in [-0.2, 0) is 9.53 Å². The highest BCUT2D eigenvalue weighted by Crippen LogP contribution is 2.31. The predicted octanol–water partition coefficient (Wildman–Crippen LogP) is 1.06. The number of carbonyl (C=O) groups is 2. The number of carboxylic acid groups (broad SMARTS) is 1. The maximum atomic E-state index is 12.1. The van der Waals surface area contributed by atoms with Crippen molar-refractivity contribution in [2.24, 2.45) is 5.41 Å². The molecule has 0 unspecified atom stereocenters. The van der Waals surface area contributed by atoms with E-state index in [0.29, 0.717) is 38.6 Å². The second kappa shape index (κ2) is 5.77. The van der Waals surface area contributed by atoms with Crippen LogP contribution in [0.1, 0.15) is 32.6 Å². The number of carbonyl (C=O) groups excluding carboxylic acids is 1. The van der Waals surface area contributed by atoms with E-state index in [1.54, 1.807) is 4.90 Å². The van der Waals surface area contributed by atoms with Crippen molar-refractivity contribution in [2.75, 3.05) is 26.3 Å². The molecule has 0 aromatic rings. The number of amides is 2. The molecule has 6 nitrogen and oxygen atoms in total. The predicted molar refractivity (Wildman–Crippen MR) is 68.9 cm³/mol. The Hall–Kier alpha value is -1.30. The van der Waals surface area contributed by atoms with E-state index < -0.39 is 11.4 Å². The Morgan fingerprint density at radius 3 is 2.47 bits per heavy atom. The fraction of sp³-hybridized carbons (Fsp3) is 0.846. The van der Waals surface area contributed by atoms with Crippen molar-refractivity contribution in [3.05, 3.63) is 0 Å². The third kappa shape index (κ3) is 3.18. The molecule has 0 aromatic heterocycles. The van der Waals surface area contributed by atoms with E-state index in [0.717, 1.165) is 12.8 Å². The summed E-state index contributed by atoms with van der Waals surface area (Å²) in [7, 11) is 0. The number of carboxylic acids is 1. The summed E-state index contributed by atoms with van der Waals surface area (Å²) in [6.07, 6.45) is 3.02. The van der Waals surface area contributed by atoms with Crippen molar-refractivity contribution in [3.63, 3.8) is 0 Å². The van der Waals surface area contributed by atoms with E-state index in [-0.39, 0.29) is 12.6 Å². The van der Waals surface area contributed by atoms with Crippen molar-refractivity contribution < 1.29 is 19.4 Å². The van der Waals surface area contributed by atoms with Crippen LogP contribution in [0.3, 0.4) is 0 Å². The molecule has 2 N–H and O–H groups in total. The fourth-order valence-electron chi connectivity index (χ4n) is 2.53. The third-order valence-electron chi connectivity index (χ3n) is 4.07. The molecule has 2 fully saturated rings.